The lowest BCUT2D eigenvalue weighted by Gasteiger charge is -2.03. The number of carboxylic acids is 1. The first-order valence-corrected chi connectivity index (χ1v) is 5.67. The largest absolute Gasteiger partial charge is 0.542 e. The van der Waals surface area contributed by atoms with Gasteiger partial charge in [-0.1, -0.05) is 24.3 Å². The van der Waals surface area contributed by atoms with Crippen molar-refractivity contribution < 1.29 is 38.8 Å². The molecule has 0 aliphatic rings. The number of nitrogens with one attached hydrogen (secondary N) is 1. The van der Waals surface area contributed by atoms with E-state index in [1.165, 1.54) is 0 Å². The third-order valence-corrected chi connectivity index (χ3v) is 2.16. The van der Waals surface area contributed by atoms with Gasteiger partial charge < -0.3 is 20.7 Å². The Morgan fingerprint density at radius 3 is 2.09 bits per heavy atom. The zero-order valence-corrected chi connectivity index (χ0v) is 11.2. The van der Waals surface area contributed by atoms with Crippen LogP contribution in [0.2, 0.25) is 0 Å². The molecule has 1 rings (SSSR count). The Kier molecular flexibility index (Phi) is 7.63. The Balaban J connectivity index is 0.000000534. The Morgan fingerprint density at radius 2 is 1.77 bits per heavy atom. The summed E-state index contributed by atoms with van der Waals surface area (Å²) in [7, 11) is 0. The number of amides is 1. The minimum Gasteiger partial charge on any atom is -0.542 e. The van der Waals surface area contributed by atoms with Crippen LogP contribution in [0.1, 0.15) is 11.1 Å². The monoisotopic (exact) mass is 321 g/mol. The number of nitrogens with two attached hydrogens (primary N) is 1. The molecule has 7 N–H and O–H groups in total. The molecule has 10 heteroatoms. The van der Waals surface area contributed by atoms with E-state index in [1.807, 2.05) is 0 Å². The molecule has 0 heterocycles. The summed E-state index contributed by atoms with van der Waals surface area (Å²) in [4.78, 5) is 19.7. The summed E-state index contributed by atoms with van der Waals surface area (Å²) < 4.78 is 31.5. The van der Waals surface area contributed by atoms with Crippen LogP contribution in [0.3, 0.4) is 0 Å². The van der Waals surface area contributed by atoms with Gasteiger partial charge in [-0.05, 0) is 5.56 Å². The van der Waals surface area contributed by atoms with E-state index < -0.39 is 18.1 Å². The van der Waals surface area contributed by atoms with Crippen molar-refractivity contribution in [3.8, 4) is 0 Å². The molecular weight excluding hydrogens is 307 g/mol. The van der Waals surface area contributed by atoms with Crippen LogP contribution < -0.4 is 22.1 Å². The highest BCUT2D eigenvalue weighted by molar-refractivity contribution is 5.92. The van der Waals surface area contributed by atoms with Gasteiger partial charge in [-0.2, -0.15) is 13.2 Å². The lowest BCUT2D eigenvalue weighted by atomic mass is 10.1. The molecule has 122 valence electrons. The fourth-order valence-electron chi connectivity index (χ4n) is 1.07. The number of quaternary nitrogens is 1. The van der Waals surface area contributed by atoms with E-state index >= 15 is 0 Å². The smallest absolute Gasteiger partial charge is 0.430 e. The topological polar surface area (TPSA) is 143 Å². The average molecular weight is 321 g/mol. The number of hydrogen-bond donors (Lipinski definition) is 4. The van der Waals surface area contributed by atoms with E-state index in [1.54, 1.807) is 24.3 Å². The lowest BCUT2D eigenvalue weighted by molar-refractivity contribution is -0.426. The molecular formula is C12H14F3N3O4. The van der Waals surface area contributed by atoms with E-state index in [0.29, 0.717) is 12.1 Å². The van der Waals surface area contributed by atoms with Crippen LogP contribution in [-0.2, 0) is 16.1 Å². The van der Waals surface area contributed by atoms with E-state index in [9.17, 15) is 23.1 Å². The van der Waals surface area contributed by atoms with E-state index in [4.69, 9.17) is 15.6 Å². The van der Waals surface area contributed by atoms with Gasteiger partial charge in [-0.25, -0.2) is 5.43 Å². The number of halogens is 3. The first-order valence-electron chi connectivity index (χ1n) is 5.67. The maximum Gasteiger partial charge on any atom is 0.430 e. The number of aliphatic hydroxyl groups excluding tert-OH is 1. The summed E-state index contributed by atoms with van der Waals surface area (Å²) in [6.07, 6.45) is -4.12. The molecule has 0 radical (unpaired) electrons. The van der Waals surface area contributed by atoms with Gasteiger partial charge in [0.05, 0.1) is 6.08 Å². The molecule has 1 aromatic carbocycles. The number of hydrogen-bond acceptors (Lipinski definition) is 5. The predicted octanol–water partition coefficient (Wildman–Crippen LogP) is -1.38. The van der Waals surface area contributed by atoms with Crippen molar-refractivity contribution >= 4 is 17.6 Å². The predicted molar refractivity (Wildman–Crippen MR) is 67.0 cm³/mol. The molecule has 1 amide bonds. The normalized spacial score (nSPS) is 11.2. The SMILES string of the molecule is NCc1ccc(/C(O)=C\C(=O)N[NH3+])cc1.O=C([O-])C(F)(F)F. The standard InChI is InChI=1S/C10H13N3O2.C2HF3O2/c11-6-7-1-3-8(4-2-7)9(14)5-10(15)13-12;3-2(4,5)1(6)7/h1-5,14H,6,11-12H2,(H,13,15);(H,6,7)/b9-5+;. The van der Waals surface area contributed by atoms with Gasteiger partial charge in [-0.15, -0.1) is 0 Å². The second-order valence-corrected chi connectivity index (χ2v) is 3.76. The minimum atomic E-state index is -5.19. The number of aliphatic hydroxyl groups is 1. The number of carbonyl (C=O) groups excluding carboxylic acids is 2. The Morgan fingerprint density at radius 1 is 1.32 bits per heavy atom. The summed E-state index contributed by atoms with van der Waals surface area (Å²) in [5.74, 6) is -0.365. The van der Waals surface area contributed by atoms with Crippen molar-refractivity contribution in [1.82, 2.24) is 5.43 Å². The zero-order chi connectivity index (χ0) is 17.3. The first-order chi connectivity index (χ1) is 10.1. The molecule has 0 aromatic heterocycles. The second-order valence-electron chi connectivity index (χ2n) is 3.76. The average Bonchev–Trinajstić information content (AvgIpc) is 2.46. The maximum atomic E-state index is 10.9. The van der Waals surface area contributed by atoms with Crippen molar-refractivity contribution in [2.45, 2.75) is 12.7 Å². The van der Waals surface area contributed by atoms with E-state index in [-0.39, 0.29) is 5.76 Å². The van der Waals surface area contributed by atoms with Crippen LogP contribution in [-0.4, -0.2) is 23.2 Å². The highest BCUT2D eigenvalue weighted by Gasteiger charge is 2.28. The number of alkyl halides is 3. The minimum absolute atomic E-state index is 0.0975. The third-order valence-electron chi connectivity index (χ3n) is 2.16. The Hall–Kier alpha value is -2.59. The van der Waals surface area contributed by atoms with Gasteiger partial charge in [0.1, 0.15) is 11.7 Å². The van der Waals surface area contributed by atoms with Crippen LogP contribution in [0.15, 0.2) is 30.3 Å². The summed E-state index contributed by atoms with van der Waals surface area (Å²) in [6.45, 7) is 0.449. The fourth-order valence-corrected chi connectivity index (χ4v) is 1.07. The van der Waals surface area contributed by atoms with E-state index in [0.717, 1.165) is 11.6 Å². The van der Waals surface area contributed by atoms with Gasteiger partial charge in [0.15, 0.2) is 0 Å². The molecule has 0 unspecified atom stereocenters. The molecule has 7 nitrogen and oxygen atoms in total. The van der Waals surface area contributed by atoms with Gasteiger partial charge >= 0.3 is 6.18 Å². The number of carbonyl (C=O) groups is 2. The Labute approximate surface area is 123 Å². The molecule has 0 spiro atoms. The molecule has 0 aliphatic heterocycles. The molecule has 0 atom stereocenters. The van der Waals surface area contributed by atoms with Crippen molar-refractivity contribution in [1.29, 1.82) is 0 Å². The first kappa shape index (κ1) is 19.4. The quantitative estimate of drug-likeness (QED) is 0.308. The molecule has 0 bridgehead atoms. The zero-order valence-electron chi connectivity index (χ0n) is 11.2. The van der Waals surface area contributed by atoms with Crippen molar-refractivity contribution in [3.05, 3.63) is 41.5 Å². The van der Waals surface area contributed by atoms with Gasteiger partial charge in [-0.3, -0.25) is 10.6 Å². The summed E-state index contributed by atoms with van der Waals surface area (Å²) in [5, 5.41) is 18.3. The number of rotatable bonds is 3. The summed E-state index contributed by atoms with van der Waals surface area (Å²) in [5.41, 5.74) is 9.10. The van der Waals surface area contributed by atoms with Crippen LogP contribution in [0.25, 0.3) is 5.76 Å². The van der Waals surface area contributed by atoms with Gasteiger partial charge in [0, 0.05) is 12.1 Å². The summed E-state index contributed by atoms with van der Waals surface area (Å²) in [6, 6.07) is 6.98. The highest BCUT2D eigenvalue weighted by atomic mass is 19.4. The molecule has 22 heavy (non-hydrogen) atoms. The summed E-state index contributed by atoms with van der Waals surface area (Å²) >= 11 is 0. The van der Waals surface area contributed by atoms with Crippen LogP contribution in [0.5, 0.6) is 0 Å². The second kappa shape index (κ2) is 8.64. The van der Waals surface area contributed by atoms with Crippen molar-refractivity contribution in [2.24, 2.45) is 5.73 Å². The van der Waals surface area contributed by atoms with Gasteiger partial charge in [0.25, 0.3) is 5.91 Å². The Bertz CT molecular complexity index is 542. The fraction of sp³-hybridized carbons (Fsp3) is 0.167. The van der Waals surface area contributed by atoms with E-state index in [2.05, 4.69) is 11.3 Å². The van der Waals surface area contributed by atoms with Crippen LogP contribution in [0, 0.1) is 0 Å². The number of aliphatic carboxylic acids is 1. The molecule has 0 saturated carbocycles. The molecule has 0 fully saturated rings. The lowest BCUT2D eigenvalue weighted by Crippen LogP contribution is -2.66. The molecule has 0 aliphatic carbocycles. The highest BCUT2D eigenvalue weighted by Crippen LogP contribution is 2.12. The number of carboxylic acid groups (broad SMARTS) is 1. The molecule has 0 saturated heterocycles. The molecule has 1 aromatic rings. The van der Waals surface area contributed by atoms with Gasteiger partial charge in [0.2, 0.25) is 0 Å². The van der Waals surface area contributed by atoms with Crippen LogP contribution in [0.4, 0.5) is 13.2 Å². The maximum absolute atomic E-state index is 10.9. The third kappa shape index (κ3) is 7.26. The van der Waals surface area contributed by atoms with Crippen molar-refractivity contribution in [3.63, 3.8) is 0 Å². The van der Waals surface area contributed by atoms with Crippen molar-refractivity contribution in [2.75, 3.05) is 0 Å². The number of benzene rings is 1. The van der Waals surface area contributed by atoms with Crippen LogP contribution >= 0.6 is 0 Å².